The van der Waals surface area contributed by atoms with Crippen molar-refractivity contribution in [1.82, 2.24) is 0 Å². The van der Waals surface area contributed by atoms with Gasteiger partial charge in [0.15, 0.2) is 0 Å². The maximum atomic E-state index is 10.8. The second-order valence-corrected chi connectivity index (χ2v) is 9.67. The summed E-state index contributed by atoms with van der Waals surface area (Å²) in [5, 5.41) is 0. The summed E-state index contributed by atoms with van der Waals surface area (Å²) in [5.74, 6) is 0.672. The first-order valence-corrected chi connectivity index (χ1v) is 13.3. The number of rotatable bonds is 18. The summed E-state index contributed by atoms with van der Waals surface area (Å²) in [7, 11) is -3.87. The maximum Gasteiger partial charge on any atom is 0.264 e. The molecular weight excluding hydrogens is 384 g/mol. The largest absolute Gasteiger partial charge is 0.494 e. The summed E-state index contributed by atoms with van der Waals surface area (Å²) in [6.07, 6.45) is 16.2. The fraction of sp³-hybridized carbons (Fsp3) is 0.750. The number of hydrogen-bond acceptors (Lipinski definition) is 3. The molecule has 1 aromatic carbocycles. The molecule has 0 aliphatic heterocycles. The zero-order valence-electron chi connectivity index (χ0n) is 18.6. The third-order valence-electron chi connectivity index (χ3n) is 5.34. The van der Waals surface area contributed by atoms with Crippen LogP contribution in [0.5, 0.6) is 5.75 Å². The van der Waals surface area contributed by atoms with Crippen LogP contribution in [-0.4, -0.2) is 25.3 Å². The predicted molar refractivity (Wildman–Crippen MR) is 123 cm³/mol. The molecule has 4 nitrogen and oxygen atoms in total. The van der Waals surface area contributed by atoms with E-state index in [-0.39, 0.29) is 5.75 Å². The summed E-state index contributed by atoms with van der Waals surface area (Å²) < 4.78 is 36.2. The normalized spacial score (nSPS) is 11.7. The molecule has 0 radical (unpaired) electrons. The average molecular weight is 427 g/mol. The van der Waals surface area contributed by atoms with Gasteiger partial charge in [0, 0.05) is 0 Å². The van der Waals surface area contributed by atoms with E-state index in [1.165, 1.54) is 75.3 Å². The highest BCUT2D eigenvalue weighted by atomic mass is 32.2. The van der Waals surface area contributed by atoms with Gasteiger partial charge in [0.2, 0.25) is 0 Å². The first-order chi connectivity index (χ1) is 14.0. The molecule has 0 unspecified atom stereocenters. The summed E-state index contributed by atoms with van der Waals surface area (Å²) in [6, 6.07) is 6.45. The smallest absolute Gasteiger partial charge is 0.264 e. The van der Waals surface area contributed by atoms with E-state index in [1.54, 1.807) is 0 Å². The average Bonchev–Trinajstić information content (AvgIpc) is 2.67. The van der Waals surface area contributed by atoms with Crippen LogP contribution in [0.3, 0.4) is 0 Å². The second kappa shape index (κ2) is 15.7. The Kier molecular flexibility index (Phi) is 14.1. The van der Waals surface area contributed by atoms with Gasteiger partial charge in [-0.05, 0) is 61.8 Å². The number of unbranched alkanes of at least 4 members (excludes halogenated alkanes) is 9. The van der Waals surface area contributed by atoms with Crippen molar-refractivity contribution in [1.29, 1.82) is 0 Å². The Morgan fingerprint density at radius 2 is 1.34 bits per heavy atom. The minimum atomic E-state index is -3.87. The van der Waals surface area contributed by atoms with Crippen molar-refractivity contribution in [2.24, 2.45) is 0 Å². The zero-order chi connectivity index (χ0) is 21.4. The fourth-order valence-electron chi connectivity index (χ4n) is 3.58. The van der Waals surface area contributed by atoms with Gasteiger partial charge >= 0.3 is 0 Å². The van der Waals surface area contributed by atoms with E-state index in [0.29, 0.717) is 19.4 Å². The van der Waals surface area contributed by atoms with Gasteiger partial charge in [-0.25, -0.2) is 0 Å². The van der Waals surface area contributed by atoms with Crippen LogP contribution < -0.4 is 4.74 Å². The van der Waals surface area contributed by atoms with Crippen molar-refractivity contribution in [2.45, 2.75) is 104 Å². The first kappa shape index (κ1) is 26.0. The van der Waals surface area contributed by atoms with Gasteiger partial charge in [-0.2, -0.15) is 8.42 Å². The maximum absolute atomic E-state index is 10.8. The monoisotopic (exact) mass is 426 g/mol. The quantitative estimate of drug-likeness (QED) is 0.208. The number of aryl methyl sites for hydroxylation is 2. The van der Waals surface area contributed by atoms with Crippen LogP contribution in [0.2, 0.25) is 0 Å². The Hall–Kier alpha value is -1.07. The summed E-state index contributed by atoms with van der Waals surface area (Å²) in [6.45, 7) is 4.97. The molecule has 0 aliphatic rings. The molecule has 1 N–H and O–H groups in total. The topological polar surface area (TPSA) is 63.6 Å². The fourth-order valence-corrected chi connectivity index (χ4v) is 4.15. The Morgan fingerprint density at radius 3 is 1.93 bits per heavy atom. The minimum absolute atomic E-state index is 0.198. The van der Waals surface area contributed by atoms with E-state index in [0.717, 1.165) is 18.6 Å². The highest BCUT2D eigenvalue weighted by Gasteiger charge is 2.07. The third kappa shape index (κ3) is 13.7. The highest BCUT2D eigenvalue weighted by Crippen LogP contribution is 2.23. The molecule has 168 valence electrons. The van der Waals surface area contributed by atoms with E-state index in [9.17, 15) is 8.42 Å². The van der Waals surface area contributed by atoms with Gasteiger partial charge in [0.25, 0.3) is 10.1 Å². The minimum Gasteiger partial charge on any atom is -0.494 e. The number of benzene rings is 1. The molecule has 0 aromatic heterocycles. The molecule has 0 heterocycles. The Bertz CT molecular complexity index is 640. The molecular formula is C24H42O4S. The van der Waals surface area contributed by atoms with Crippen LogP contribution >= 0.6 is 0 Å². The molecule has 1 aromatic rings. The lowest BCUT2D eigenvalue weighted by molar-refractivity contribution is 0.308. The molecule has 0 atom stereocenters. The van der Waals surface area contributed by atoms with Gasteiger partial charge in [-0.3, -0.25) is 4.55 Å². The lowest BCUT2D eigenvalue weighted by Crippen LogP contribution is -2.06. The van der Waals surface area contributed by atoms with E-state index in [1.807, 2.05) is 6.07 Å². The molecule has 0 aliphatic carbocycles. The van der Waals surface area contributed by atoms with Gasteiger partial charge < -0.3 is 4.74 Å². The zero-order valence-corrected chi connectivity index (χ0v) is 19.4. The van der Waals surface area contributed by atoms with Crippen LogP contribution in [0.25, 0.3) is 0 Å². The second-order valence-electron chi connectivity index (χ2n) is 8.10. The van der Waals surface area contributed by atoms with Crippen molar-refractivity contribution in [3.05, 3.63) is 29.3 Å². The molecule has 0 fully saturated rings. The molecule has 0 saturated carbocycles. The predicted octanol–water partition coefficient (Wildman–Crippen LogP) is 6.76. The number of ether oxygens (including phenoxy) is 1. The van der Waals surface area contributed by atoms with Crippen molar-refractivity contribution in [2.75, 3.05) is 12.4 Å². The van der Waals surface area contributed by atoms with Crippen LogP contribution in [0.4, 0.5) is 0 Å². The molecule has 0 spiro atoms. The Balaban J connectivity index is 2.55. The molecule has 0 bridgehead atoms. The Morgan fingerprint density at radius 1 is 0.759 bits per heavy atom. The van der Waals surface area contributed by atoms with E-state index < -0.39 is 10.1 Å². The summed E-state index contributed by atoms with van der Waals surface area (Å²) in [5.41, 5.74) is 2.86. The summed E-state index contributed by atoms with van der Waals surface area (Å²) in [4.78, 5) is 0. The van der Waals surface area contributed by atoms with Crippen LogP contribution in [0, 0.1) is 0 Å². The van der Waals surface area contributed by atoms with Crippen molar-refractivity contribution >= 4 is 10.1 Å². The third-order valence-corrected chi connectivity index (χ3v) is 6.15. The SMILES string of the molecule is CCCCCCCc1ccc(OCCCCS(=O)(=O)O)cc1CCCCCCC. The first-order valence-electron chi connectivity index (χ1n) is 11.7. The molecule has 0 saturated heterocycles. The van der Waals surface area contributed by atoms with Gasteiger partial charge in [0.05, 0.1) is 12.4 Å². The van der Waals surface area contributed by atoms with Crippen LogP contribution in [0.1, 0.15) is 102 Å². The van der Waals surface area contributed by atoms with Gasteiger partial charge in [-0.15, -0.1) is 0 Å². The molecule has 1 rings (SSSR count). The standard InChI is InChI=1S/C24H42O4S/c1-3-5-7-9-11-15-22-17-18-24(28-19-13-14-20-29(25,26)27)21-23(22)16-12-10-8-6-4-2/h17-18,21H,3-16,19-20H2,1-2H3,(H,25,26,27). The van der Waals surface area contributed by atoms with Crippen LogP contribution in [-0.2, 0) is 23.0 Å². The lowest BCUT2D eigenvalue weighted by Gasteiger charge is -2.13. The van der Waals surface area contributed by atoms with Crippen molar-refractivity contribution < 1.29 is 17.7 Å². The van der Waals surface area contributed by atoms with Gasteiger partial charge in [0.1, 0.15) is 5.75 Å². The van der Waals surface area contributed by atoms with E-state index >= 15 is 0 Å². The highest BCUT2D eigenvalue weighted by molar-refractivity contribution is 7.85. The van der Waals surface area contributed by atoms with Crippen molar-refractivity contribution in [3.8, 4) is 5.75 Å². The lowest BCUT2D eigenvalue weighted by atomic mass is 9.96. The van der Waals surface area contributed by atoms with E-state index in [2.05, 4.69) is 26.0 Å². The molecule has 5 heteroatoms. The van der Waals surface area contributed by atoms with Crippen molar-refractivity contribution in [3.63, 3.8) is 0 Å². The summed E-state index contributed by atoms with van der Waals surface area (Å²) >= 11 is 0. The molecule has 29 heavy (non-hydrogen) atoms. The van der Waals surface area contributed by atoms with E-state index in [4.69, 9.17) is 9.29 Å². The number of hydrogen-bond donors (Lipinski definition) is 1. The van der Waals surface area contributed by atoms with Gasteiger partial charge in [-0.1, -0.05) is 71.3 Å². The van der Waals surface area contributed by atoms with Crippen LogP contribution in [0.15, 0.2) is 18.2 Å². The Labute approximate surface area is 179 Å². The molecule has 0 amide bonds.